The van der Waals surface area contributed by atoms with Crippen molar-refractivity contribution in [3.05, 3.63) is 81.1 Å². The Morgan fingerprint density at radius 2 is 1.63 bits per heavy atom. The molecular formula is C26H25N3O6. The minimum absolute atomic E-state index is 0.0687. The van der Waals surface area contributed by atoms with Crippen LogP contribution in [-0.2, 0) is 4.79 Å². The number of hydrogen-bond donors (Lipinski definition) is 1. The first-order valence-electron chi connectivity index (χ1n) is 11.3. The molecule has 1 heterocycles. The number of carbonyl (C=O) groups excluding carboxylic acids is 3. The van der Waals surface area contributed by atoms with Crippen molar-refractivity contribution < 1.29 is 24.4 Å². The molecule has 1 N–H and O–H groups in total. The fraction of sp³-hybridized carbons (Fsp3) is 0.308. The zero-order valence-electron chi connectivity index (χ0n) is 19.5. The van der Waals surface area contributed by atoms with Crippen LogP contribution in [0.3, 0.4) is 0 Å². The first kappa shape index (κ1) is 24.0. The van der Waals surface area contributed by atoms with Gasteiger partial charge in [0.05, 0.1) is 33.0 Å². The van der Waals surface area contributed by atoms with Crippen LogP contribution in [0.4, 0.5) is 11.4 Å². The quantitative estimate of drug-likeness (QED) is 0.207. The Morgan fingerprint density at radius 1 is 1.03 bits per heavy atom. The van der Waals surface area contributed by atoms with Crippen molar-refractivity contribution in [2.75, 3.05) is 6.54 Å². The van der Waals surface area contributed by atoms with E-state index in [0.717, 1.165) is 4.90 Å². The number of aliphatic hydroxyl groups excluding tert-OH is 1. The number of carbonyl (C=O) groups is 3. The van der Waals surface area contributed by atoms with Gasteiger partial charge in [0, 0.05) is 31.5 Å². The maximum atomic E-state index is 13.0. The number of non-ortho nitro benzene ring substituents is 1. The van der Waals surface area contributed by atoms with Gasteiger partial charge in [0.15, 0.2) is 5.78 Å². The van der Waals surface area contributed by atoms with Gasteiger partial charge in [-0.1, -0.05) is 26.0 Å². The van der Waals surface area contributed by atoms with Gasteiger partial charge < -0.3 is 5.11 Å². The van der Waals surface area contributed by atoms with Crippen LogP contribution in [0.25, 0.3) is 0 Å². The number of ketones is 1. The Morgan fingerprint density at radius 3 is 2.20 bits per heavy atom. The van der Waals surface area contributed by atoms with Crippen molar-refractivity contribution in [1.82, 2.24) is 4.90 Å². The number of nitro groups is 1. The van der Waals surface area contributed by atoms with Crippen molar-refractivity contribution in [3.8, 4) is 0 Å². The van der Waals surface area contributed by atoms with Gasteiger partial charge in [-0.15, -0.1) is 0 Å². The van der Waals surface area contributed by atoms with E-state index in [1.165, 1.54) is 24.3 Å². The monoisotopic (exact) mass is 475 g/mol. The number of imide groups is 1. The first-order chi connectivity index (χ1) is 16.6. The summed E-state index contributed by atoms with van der Waals surface area (Å²) in [4.78, 5) is 54.2. The Labute approximate surface area is 201 Å². The number of aliphatic imine (C=N–C) groups is 1. The number of nitro benzene ring substituents is 1. The van der Waals surface area contributed by atoms with Gasteiger partial charge in [-0.05, 0) is 42.5 Å². The number of Topliss-reactive ketones (excluding diaryl/α,β-unsaturated/α-hetero) is 1. The van der Waals surface area contributed by atoms with Crippen LogP contribution in [-0.4, -0.2) is 44.8 Å². The van der Waals surface area contributed by atoms with Gasteiger partial charge in [-0.25, -0.2) is 0 Å². The van der Waals surface area contributed by atoms with Gasteiger partial charge >= 0.3 is 0 Å². The number of hydrogen-bond acceptors (Lipinski definition) is 7. The molecule has 0 spiro atoms. The second-order valence-electron chi connectivity index (χ2n) is 9.51. The van der Waals surface area contributed by atoms with Crippen molar-refractivity contribution in [2.45, 2.75) is 39.5 Å². The van der Waals surface area contributed by atoms with E-state index in [-0.39, 0.29) is 65.8 Å². The summed E-state index contributed by atoms with van der Waals surface area (Å²) in [5.74, 6) is -1.11. The topological polar surface area (TPSA) is 130 Å². The van der Waals surface area contributed by atoms with Crippen LogP contribution >= 0.6 is 0 Å². The molecule has 1 aliphatic carbocycles. The molecule has 2 amide bonds. The lowest BCUT2D eigenvalue weighted by Gasteiger charge is -2.31. The Balaban J connectivity index is 1.54. The van der Waals surface area contributed by atoms with E-state index in [1.807, 2.05) is 13.8 Å². The molecule has 1 saturated carbocycles. The third-order valence-electron chi connectivity index (χ3n) is 6.14. The van der Waals surface area contributed by atoms with Crippen molar-refractivity contribution in [3.63, 3.8) is 0 Å². The average molecular weight is 476 g/mol. The molecule has 2 aliphatic rings. The number of nitrogens with zero attached hydrogens (tertiary/aromatic N) is 3. The third kappa shape index (κ3) is 4.89. The fourth-order valence-electron chi connectivity index (χ4n) is 4.49. The smallest absolute Gasteiger partial charge is 0.269 e. The molecule has 2 aromatic carbocycles. The zero-order valence-corrected chi connectivity index (χ0v) is 19.5. The van der Waals surface area contributed by atoms with Gasteiger partial charge in [0.25, 0.3) is 17.5 Å². The molecule has 0 atom stereocenters. The highest BCUT2D eigenvalue weighted by atomic mass is 16.6. The largest absolute Gasteiger partial charge is 0.511 e. The molecule has 1 aliphatic heterocycles. The van der Waals surface area contributed by atoms with Gasteiger partial charge in [-0.2, -0.15) is 0 Å². The summed E-state index contributed by atoms with van der Waals surface area (Å²) in [6.07, 6.45) is 1.05. The molecule has 0 radical (unpaired) electrons. The molecule has 2 aromatic rings. The maximum absolute atomic E-state index is 13.0. The van der Waals surface area contributed by atoms with Crippen LogP contribution in [0.2, 0.25) is 0 Å². The van der Waals surface area contributed by atoms with Crippen LogP contribution in [0.15, 0.2) is 64.9 Å². The Kier molecular flexibility index (Phi) is 6.34. The normalized spacial score (nSPS) is 19.8. The minimum Gasteiger partial charge on any atom is -0.511 e. The molecule has 0 unspecified atom stereocenters. The summed E-state index contributed by atoms with van der Waals surface area (Å²) in [5, 5.41) is 21.8. The van der Waals surface area contributed by atoms with Crippen LogP contribution in [0.1, 0.15) is 60.2 Å². The SMILES string of the molecule is CC1(C)CC(=O)/C(=C(/O)CCCN2C(=O)c3ccccc3C2=O)C(=Nc2ccc([N+](=O)[O-])cc2)C1. The van der Waals surface area contributed by atoms with E-state index in [9.17, 15) is 29.6 Å². The molecular weight excluding hydrogens is 450 g/mol. The van der Waals surface area contributed by atoms with E-state index in [0.29, 0.717) is 28.9 Å². The summed E-state index contributed by atoms with van der Waals surface area (Å²) in [6, 6.07) is 12.3. The van der Waals surface area contributed by atoms with E-state index in [2.05, 4.69) is 4.99 Å². The molecule has 0 aromatic heterocycles. The van der Waals surface area contributed by atoms with Crippen LogP contribution in [0.5, 0.6) is 0 Å². The first-order valence-corrected chi connectivity index (χ1v) is 11.3. The highest BCUT2D eigenvalue weighted by Crippen LogP contribution is 2.37. The lowest BCUT2D eigenvalue weighted by Crippen LogP contribution is -2.33. The highest BCUT2D eigenvalue weighted by Gasteiger charge is 2.37. The van der Waals surface area contributed by atoms with Gasteiger partial charge in [0.1, 0.15) is 5.76 Å². The van der Waals surface area contributed by atoms with Crippen molar-refractivity contribution >= 4 is 34.7 Å². The number of amides is 2. The lowest BCUT2D eigenvalue weighted by molar-refractivity contribution is -0.384. The molecule has 0 bridgehead atoms. The lowest BCUT2D eigenvalue weighted by atomic mass is 9.73. The molecule has 180 valence electrons. The fourth-order valence-corrected chi connectivity index (χ4v) is 4.49. The maximum Gasteiger partial charge on any atom is 0.269 e. The molecule has 35 heavy (non-hydrogen) atoms. The molecule has 0 saturated heterocycles. The Hall–Kier alpha value is -4.14. The third-order valence-corrected chi connectivity index (χ3v) is 6.14. The number of fused-ring (bicyclic) bond motifs is 1. The summed E-state index contributed by atoms with van der Waals surface area (Å²) < 4.78 is 0. The van der Waals surface area contributed by atoms with E-state index in [1.54, 1.807) is 24.3 Å². The standard InChI is InChI=1S/C26H25N3O6/c1-26(2)14-20(27-16-9-11-17(12-10-16)29(34)35)23(22(31)15-26)21(30)8-5-13-28-24(32)18-6-3-4-7-19(18)25(28)33/h3-4,6-7,9-12,30H,5,8,13-15H2,1-2H3/b23-21+,27-20?. The van der Waals surface area contributed by atoms with Crippen LogP contribution < -0.4 is 0 Å². The van der Waals surface area contributed by atoms with Crippen molar-refractivity contribution in [2.24, 2.45) is 10.4 Å². The predicted octanol–water partition coefficient (Wildman–Crippen LogP) is 4.94. The summed E-state index contributed by atoms with van der Waals surface area (Å²) in [7, 11) is 0. The predicted molar refractivity (Wildman–Crippen MR) is 129 cm³/mol. The number of rotatable bonds is 6. The molecule has 1 fully saturated rings. The van der Waals surface area contributed by atoms with E-state index >= 15 is 0 Å². The highest BCUT2D eigenvalue weighted by molar-refractivity contribution is 6.25. The molecule has 9 heteroatoms. The van der Waals surface area contributed by atoms with Gasteiger partial charge in [-0.3, -0.25) is 34.4 Å². The number of benzene rings is 2. The second kappa shape index (κ2) is 9.25. The van der Waals surface area contributed by atoms with Crippen molar-refractivity contribution in [1.29, 1.82) is 0 Å². The summed E-state index contributed by atoms with van der Waals surface area (Å²) in [5.41, 5.74) is 1.29. The van der Waals surface area contributed by atoms with Gasteiger partial charge in [0.2, 0.25) is 0 Å². The zero-order chi connectivity index (χ0) is 25.3. The van der Waals surface area contributed by atoms with E-state index < -0.39 is 4.92 Å². The summed E-state index contributed by atoms with van der Waals surface area (Å²) in [6.45, 7) is 3.98. The summed E-state index contributed by atoms with van der Waals surface area (Å²) >= 11 is 0. The number of allylic oxidation sites excluding steroid dienone is 2. The number of aliphatic hydroxyl groups is 1. The molecule has 4 rings (SSSR count). The molecule has 9 nitrogen and oxygen atoms in total. The van der Waals surface area contributed by atoms with E-state index in [4.69, 9.17) is 0 Å². The van der Waals surface area contributed by atoms with Crippen LogP contribution in [0, 0.1) is 15.5 Å². The minimum atomic E-state index is -0.504. The average Bonchev–Trinajstić information content (AvgIpc) is 3.03. The second-order valence-corrected chi connectivity index (χ2v) is 9.51. The Bertz CT molecular complexity index is 1260.